The van der Waals surface area contributed by atoms with E-state index in [1.807, 2.05) is 0 Å². The van der Waals surface area contributed by atoms with Crippen molar-refractivity contribution >= 4 is 112 Å². The van der Waals surface area contributed by atoms with Crippen LogP contribution >= 0.6 is 0 Å². The highest BCUT2D eigenvalue weighted by molar-refractivity contribution is 6.01. The minimum absolute atomic E-state index is 0.0253. The van der Waals surface area contributed by atoms with Gasteiger partial charge in [-0.1, -0.05) is 117 Å². The second-order valence-corrected chi connectivity index (χ2v) is 32.1. The van der Waals surface area contributed by atoms with Gasteiger partial charge >= 0.3 is 11.9 Å². The summed E-state index contributed by atoms with van der Waals surface area (Å²) in [5.41, 5.74) is 29.1. The molecule has 0 fully saturated rings. The minimum Gasteiger partial charge on any atom is -0.508 e. The molecule has 710 valence electrons. The van der Waals surface area contributed by atoms with Crippen molar-refractivity contribution in [2.75, 3.05) is 26.2 Å². The van der Waals surface area contributed by atoms with Crippen LogP contribution in [0.25, 0.3) is 0 Å². The van der Waals surface area contributed by atoms with Crippen LogP contribution < -0.4 is 108 Å². The Morgan fingerprint density at radius 1 is 0.378 bits per heavy atom. The summed E-state index contributed by atoms with van der Waals surface area (Å²) in [6, 6.07) is -9.46. The fourth-order valence-electron chi connectivity index (χ4n) is 12.7. The quantitative estimate of drug-likeness (QED) is 0.0275. The van der Waals surface area contributed by atoms with Crippen LogP contribution in [-0.2, 0) is 104 Å². The van der Waals surface area contributed by atoms with E-state index in [-0.39, 0.29) is 102 Å². The molecule has 2 aromatic carbocycles. The van der Waals surface area contributed by atoms with E-state index >= 15 is 0 Å². The van der Waals surface area contributed by atoms with Crippen LogP contribution in [0.3, 0.4) is 0 Å². The van der Waals surface area contributed by atoms with E-state index in [0.29, 0.717) is 24.0 Å². The predicted molar refractivity (Wildman–Crippen MR) is 460 cm³/mol. The fraction of sp³-hybridized carbons (Fsp3) is 0.627. The Morgan fingerprint density at radius 2 is 0.748 bits per heavy atom. The number of benzene rings is 2. The number of hydrogen-bond donors (Lipinski definition) is 25. The van der Waals surface area contributed by atoms with Crippen LogP contribution in [0.1, 0.15) is 184 Å². The summed E-state index contributed by atoms with van der Waals surface area (Å²) in [4.78, 5) is 259. The van der Waals surface area contributed by atoms with Crippen LogP contribution in [0.15, 0.2) is 54.6 Å². The molecule has 0 radical (unpaired) electrons. The third-order valence-corrected chi connectivity index (χ3v) is 20.9. The van der Waals surface area contributed by atoms with E-state index in [1.165, 1.54) is 38.1 Å². The lowest BCUT2D eigenvalue weighted by Gasteiger charge is -2.29. The number of carboxylic acid groups (broad SMARTS) is 2. The summed E-state index contributed by atoms with van der Waals surface area (Å²) in [7, 11) is 0. The Bertz CT molecular complexity index is 4010. The van der Waals surface area contributed by atoms with Crippen LogP contribution in [0, 0.1) is 23.7 Å². The lowest BCUT2D eigenvalue weighted by Crippen LogP contribution is -2.62. The molecule has 2 aromatic rings. The molecule has 0 saturated carbocycles. The number of carbonyl (C=O) groups is 19. The smallest absolute Gasteiger partial charge is 0.326 e. The molecule has 44 heteroatoms. The Hall–Kier alpha value is -12.0. The van der Waals surface area contributed by atoms with E-state index in [1.54, 1.807) is 85.7 Å². The highest BCUT2D eigenvalue weighted by Gasteiger charge is 2.40. The standard InChI is InChI=1S/C83H134N20O24/c1-12-43(6)65(79(122)89-40-63(109)100-66(44(7)13-2)81(124)103-68(48(11)105)82(125)94-55(31-33-64(110)111)74(117)98-59(83(126)127)36-42(4)5)101-76(119)56(37-49-22-16-15-17-23-49)96-72(115)53(25-19-21-35-85)92-78(121)60(41-104)99-75(118)58(39-62(88)108)95-70(113)47(10)90-71(114)52(24-18-20-34-84)93-80(123)67(45(8)14-3)102-77(120)57(38-50-26-28-51(106)29-27-50)97-73(116)54(30-32-61(87)107)91-69(112)46(9)86/h15-17,22-23,26-29,42-48,52-60,65-68,104-106H,12-14,18-21,24-25,30-41,84-86H2,1-11H3,(H2,87,107)(H2,88,108)(H,89,122)(H,90,114)(H,91,112)(H,92,121)(H,93,123)(H,94,125)(H,95,113)(H,96,115)(H,97,116)(H,98,117)(H,99,118)(H,100,109)(H,101,119)(H,102,120)(H,103,124)(H,110,111)(H,126,127)/t43-,44-,45-,46-,47-,48+,52-,53-,54-,55-,56-,57-,58-,59-,60-,65-,66-,67-,68-/m0/s1. The molecule has 0 aromatic heterocycles. The number of carbonyl (C=O) groups excluding carboxylic acids is 17. The molecular formula is C83H134N20O24. The van der Waals surface area contributed by atoms with Crippen LogP contribution in [0.5, 0.6) is 5.75 Å². The van der Waals surface area contributed by atoms with E-state index in [0.717, 1.165) is 6.92 Å². The molecule has 17 amide bonds. The summed E-state index contributed by atoms with van der Waals surface area (Å²) >= 11 is 0. The van der Waals surface area contributed by atoms with Crippen molar-refractivity contribution in [3.05, 3.63) is 65.7 Å². The number of aromatic hydroxyl groups is 1. The number of nitrogens with one attached hydrogen (secondary N) is 15. The number of unbranched alkanes of at least 4 members (excludes halogenated alkanes) is 2. The summed E-state index contributed by atoms with van der Waals surface area (Å²) in [5, 5.41) is 87.5. The van der Waals surface area contributed by atoms with E-state index < -0.39 is 259 Å². The van der Waals surface area contributed by atoms with Crippen molar-refractivity contribution < 1.29 is 117 Å². The first-order chi connectivity index (χ1) is 59.8. The number of primary amides is 2. The maximum absolute atomic E-state index is 14.7. The van der Waals surface area contributed by atoms with Gasteiger partial charge in [0.2, 0.25) is 100 Å². The molecular weight excluding hydrogens is 1660 g/mol. The molecule has 0 heterocycles. The average Bonchev–Trinajstić information content (AvgIpc) is 0.849. The molecule has 0 bridgehead atoms. The zero-order chi connectivity index (χ0) is 96.1. The second kappa shape index (κ2) is 57.6. The fourth-order valence-corrected chi connectivity index (χ4v) is 12.7. The number of aliphatic carboxylic acids is 2. The van der Waals surface area contributed by atoms with Crippen LogP contribution in [0.4, 0.5) is 0 Å². The highest BCUT2D eigenvalue weighted by atomic mass is 16.4. The molecule has 127 heavy (non-hydrogen) atoms. The van der Waals surface area contributed by atoms with Gasteiger partial charge in [0.15, 0.2) is 0 Å². The van der Waals surface area contributed by atoms with Gasteiger partial charge in [0.1, 0.15) is 90.3 Å². The van der Waals surface area contributed by atoms with Crippen molar-refractivity contribution in [3.8, 4) is 5.75 Å². The van der Waals surface area contributed by atoms with Gasteiger partial charge in [-0.05, 0) is 139 Å². The number of nitrogens with two attached hydrogens (primary N) is 5. The van der Waals surface area contributed by atoms with Gasteiger partial charge in [-0.3, -0.25) is 86.3 Å². The highest BCUT2D eigenvalue weighted by Crippen LogP contribution is 2.19. The van der Waals surface area contributed by atoms with E-state index in [2.05, 4.69) is 79.8 Å². The Morgan fingerprint density at radius 3 is 1.18 bits per heavy atom. The molecule has 0 aliphatic heterocycles. The Kier molecular flexibility index (Phi) is 50.3. The predicted octanol–water partition coefficient (Wildman–Crippen LogP) is -5.65. The number of amides is 17. The zero-order valence-electron chi connectivity index (χ0n) is 74.0. The molecule has 2 rings (SSSR count). The van der Waals surface area contributed by atoms with Gasteiger partial charge in [0.05, 0.1) is 31.7 Å². The molecule has 19 atom stereocenters. The number of rotatable bonds is 61. The third-order valence-electron chi connectivity index (χ3n) is 20.9. The zero-order valence-corrected chi connectivity index (χ0v) is 74.0. The largest absolute Gasteiger partial charge is 0.508 e. The lowest BCUT2D eigenvalue weighted by atomic mass is 9.96. The first-order valence-corrected chi connectivity index (χ1v) is 42.6. The molecule has 0 aliphatic carbocycles. The Labute approximate surface area is 737 Å². The SMILES string of the molecule is CC[C@H](C)[C@H](NC(=O)CNC(=O)[C@@H](NC(=O)[C@H](Cc1ccccc1)NC(=O)[C@H](CCCCN)NC(=O)[C@H](CO)NC(=O)[C@H](CC(N)=O)NC(=O)[C@H](C)NC(=O)[C@H](CCCCN)NC(=O)[C@@H](NC(=O)[C@H](Cc1ccc(O)cc1)NC(=O)[C@H](CCC(N)=O)NC(=O)[C@H](C)N)[C@@H](C)CC)[C@@H](C)CC)C(=O)N[C@H](C(=O)N[C@@H](CCC(=O)O)C(=O)N[C@@H](CC(C)C)C(=O)O)[C@@H](C)O. The van der Waals surface area contributed by atoms with Gasteiger partial charge in [-0.15, -0.1) is 0 Å². The van der Waals surface area contributed by atoms with Gasteiger partial charge in [0.25, 0.3) is 0 Å². The molecule has 0 unspecified atom stereocenters. The van der Waals surface area contributed by atoms with E-state index in [9.17, 15) is 117 Å². The molecule has 0 aliphatic rings. The van der Waals surface area contributed by atoms with Crippen molar-refractivity contribution in [1.29, 1.82) is 0 Å². The van der Waals surface area contributed by atoms with Gasteiger partial charge in [0, 0.05) is 25.7 Å². The number of hydrogen-bond acceptors (Lipinski definition) is 25. The number of aliphatic hydroxyl groups excluding tert-OH is 2. The van der Waals surface area contributed by atoms with E-state index in [4.69, 9.17) is 28.7 Å². The van der Waals surface area contributed by atoms with Gasteiger partial charge in [-0.2, -0.15) is 0 Å². The lowest BCUT2D eigenvalue weighted by molar-refractivity contribution is -0.143. The summed E-state index contributed by atoms with van der Waals surface area (Å²) in [6.07, 6.45) is -3.48. The maximum Gasteiger partial charge on any atom is 0.326 e. The summed E-state index contributed by atoms with van der Waals surface area (Å²) in [5.74, 6) is -22.3. The normalized spacial score (nSPS) is 15.7. The van der Waals surface area contributed by atoms with Crippen LogP contribution in [-0.4, -0.2) is 261 Å². The maximum atomic E-state index is 14.7. The molecule has 30 N–H and O–H groups in total. The first-order valence-electron chi connectivity index (χ1n) is 42.6. The minimum atomic E-state index is -1.95. The first kappa shape index (κ1) is 111. The Balaban J connectivity index is 2.45. The van der Waals surface area contributed by atoms with Gasteiger partial charge < -0.3 is 134 Å². The van der Waals surface area contributed by atoms with Crippen molar-refractivity contribution in [3.63, 3.8) is 0 Å². The number of phenolic OH excluding ortho intramolecular Hbond substituents is 1. The van der Waals surface area contributed by atoms with Crippen LogP contribution in [0.2, 0.25) is 0 Å². The number of aliphatic hydroxyl groups is 2. The third kappa shape index (κ3) is 40.9. The summed E-state index contributed by atoms with van der Waals surface area (Å²) in [6.45, 7) is 15.2. The molecule has 0 spiro atoms. The topological polar surface area (TPSA) is 736 Å². The van der Waals surface area contributed by atoms with Crippen molar-refractivity contribution in [2.24, 2.45) is 52.3 Å². The van der Waals surface area contributed by atoms with Crippen molar-refractivity contribution in [2.45, 2.75) is 282 Å². The second-order valence-electron chi connectivity index (χ2n) is 32.1. The number of carboxylic acids is 2. The molecule has 44 nitrogen and oxygen atoms in total. The average molecular weight is 1800 g/mol. The summed E-state index contributed by atoms with van der Waals surface area (Å²) < 4.78 is 0. The molecule has 0 saturated heterocycles. The van der Waals surface area contributed by atoms with Gasteiger partial charge in [-0.25, -0.2) is 4.79 Å². The monoisotopic (exact) mass is 1790 g/mol. The number of phenols is 1. The van der Waals surface area contributed by atoms with Crippen molar-refractivity contribution in [1.82, 2.24) is 79.8 Å².